The van der Waals surface area contributed by atoms with Crippen molar-refractivity contribution in [1.82, 2.24) is 0 Å². The van der Waals surface area contributed by atoms with Gasteiger partial charge in [-0.2, -0.15) is 0 Å². The molecule has 0 saturated heterocycles. The molecule has 0 aliphatic carbocycles. The molecule has 0 atom stereocenters. The van der Waals surface area contributed by atoms with Crippen molar-refractivity contribution in [1.29, 1.82) is 0 Å². The van der Waals surface area contributed by atoms with Crippen LogP contribution in [-0.4, -0.2) is 15.5 Å². The van der Waals surface area contributed by atoms with E-state index in [4.69, 9.17) is 5.73 Å². The summed E-state index contributed by atoms with van der Waals surface area (Å²) in [5.41, 5.74) is 7.74. The highest BCUT2D eigenvalue weighted by Gasteiger charge is 2.22. The summed E-state index contributed by atoms with van der Waals surface area (Å²) in [5.74, 6) is 0. The van der Waals surface area contributed by atoms with Crippen LogP contribution in [0.1, 0.15) is 5.56 Å². The van der Waals surface area contributed by atoms with E-state index in [1.165, 1.54) is 11.4 Å². The van der Waals surface area contributed by atoms with Crippen LogP contribution in [0.15, 0.2) is 53.4 Å². The molecule has 2 aromatic carbocycles. The maximum Gasteiger partial charge on any atom is 0.264 e. The Bertz CT molecular complexity index is 679. The second kappa shape index (κ2) is 4.93. The first-order chi connectivity index (χ1) is 8.93. The third-order valence-corrected chi connectivity index (χ3v) is 4.74. The number of hydrogen-bond donors (Lipinski definition) is 1. The van der Waals surface area contributed by atoms with E-state index in [2.05, 4.69) is 0 Å². The van der Waals surface area contributed by atoms with Crippen LogP contribution in [0.2, 0.25) is 0 Å². The van der Waals surface area contributed by atoms with Gasteiger partial charge in [-0.3, -0.25) is 4.31 Å². The Morgan fingerprint density at radius 2 is 1.58 bits per heavy atom. The van der Waals surface area contributed by atoms with Gasteiger partial charge in [0.1, 0.15) is 0 Å². The number of anilines is 2. The zero-order valence-corrected chi connectivity index (χ0v) is 11.7. The number of para-hydroxylation sites is 2. The van der Waals surface area contributed by atoms with Gasteiger partial charge in [0.15, 0.2) is 0 Å². The lowest BCUT2D eigenvalue weighted by atomic mass is 10.2. The van der Waals surface area contributed by atoms with Crippen LogP contribution in [0.3, 0.4) is 0 Å². The minimum atomic E-state index is -3.58. The molecule has 0 aliphatic heterocycles. The highest BCUT2D eigenvalue weighted by molar-refractivity contribution is 7.92. The molecule has 2 aromatic rings. The van der Waals surface area contributed by atoms with Crippen LogP contribution in [0, 0.1) is 6.92 Å². The fourth-order valence-corrected chi connectivity index (χ4v) is 2.99. The van der Waals surface area contributed by atoms with Gasteiger partial charge >= 0.3 is 0 Å². The van der Waals surface area contributed by atoms with Crippen molar-refractivity contribution < 1.29 is 8.42 Å². The van der Waals surface area contributed by atoms with E-state index in [9.17, 15) is 8.42 Å². The van der Waals surface area contributed by atoms with Gasteiger partial charge in [-0.1, -0.05) is 29.8 Å². The SMILES string of the molecule is Cc1ccc(S(=O)(=O)N(C)c2ccccc2N)cc1. The molecule has 0 bridgehead atoms. The van der Waals surface area contributed by atoms with Crippen LogP contribution in [-0.2, 0) is 10.0 Å². The van der Waals surface area contributed by atoms with Crippen molar-refractivity contribution in [3.63, 3.8) is 0 Å². The van der Waals surface area contributed by atoms with E-state index in [0.717, 1.165) is 5.56 Å². The molecule has 4 nitrogen and oxygen atoms in total. The molecule has 0 unspecified atom stereocenters. The number of sulfonamides is 1. The van der Waals surface area contributed by atoms with Gasteiger partial charge in [-0.05, 0) is 31.2 Å². The lowest BCUT2D eigenvalue weighted by molar-refractivity contribution is 0.594. The normalized spacial score (nSPS) is 11.3. The van der Waals surface area contributed by atoms with Gasteiger partial charge in [-0.25, -0.2) is 8.42 Å². The van der Waals surface area contributed by atoms with Gasteiger partial charge in [0.2, 0.25) is 0 Å². The van der Waals surface area contributed by atoms with Crippen molar-refractivity contribution >= 4 is 21.4 Å². The third kappa shape index (κ3) is 2.56. The summed E-state index contributed by atoms with van der Waals surface area (Å²) in [6.45, 7) is 1.91. The van der Waals surface area contributed by atoms with Crippen LogP contribution >= 0.6 is 0 Å². The van der Waals surface area contributed by atoms with Crippen LogP contribution in [0.25, 0.3) is 0 Å². The first-order valence-electron chi connectivity index (χ1n) is 5.83. The number of rotatable bonds is 3. The van der Waals surface area contributed by atoms with Crippen molar-refractivity contribution in [3.8, 4) is 0 Å². The summed E-state index contributed by atoms with van der Waals surface area (Å²) in [6.07, 6.45) is 0. The molecule has 0 aromatic heterocycles. The molecule has 0 aliphatic rings. The Labute approximate surface area is 113 Å². The molecule has 0 spiro atoms. The number of aryl methyl sites for hydroxylation is 1. The summed E-state index contributed by atoms with van der Waals surface area (Å²) in [5, 5.41) is 0. The monoisotopic (exact) mass is 276 g/mol. The third-order valence-electron chi connectivity index (χ3n) is 2.96. The molecule has 0 saturated carbocycles. The molecule has 19 heavy (non-hydrogen) atoms. The maximum atomic E-state index is 12.5. The van der Waals surface area contributed by atoms with Gasteiger partial charge in [0.05, 0.1) is 16.3 Å². The molecule has 100 valence electrons. The number of nitrogens with zero attached hydrogens (tertiary/aromatic N) is 1. The molecule has 0 fully saturated rings. The van der Waals surface area contributed by atoms with Crippen LogP contribution in [0.4, 0.5) is 11.4 Å². The molecular formula is C14H16N2O2S. The Hall–Kier alpha value is -2.01. The predicted octanol–water partition coefficient (Wildman–Crippen LogP) is 2.40. The van der Waals surface area contributed by atoms with Gasteiger partial charge < -0.3 is 5.73 Å². The van der Waals surface area contributed by atoms with Crippen molar-refractivity contribution in [2.75, 3.05) is 17.1 Å². The molecule has 0 radical (unpaired) electrons. The standard InChI is InChI=1S/C14H16N2O2S/c1-11-7-9-12(10-8-11)19(17,18)16(2)14-6-4-3-5-13(14)15/h3-10H,15H2,1-2H3. The highest BCUT2D eigenvalue weighted by Crippen LogP contribution is 2.26. The summed E-state index contributed by atoms with van der Waals surface area (Å²) in [6, 6.07) is 13.6. The summed E-state index contributed by atoms with van der Waals surface area (Å²) < 4.78 is 26.1. The molecular weight excluding hydrogens is 260 g/mol. The Kier molecular flexibility index (Phi) is 3.48. The molecule has 2 rings (SSSR count). The van der Waals surface area contributed by atoms with Crippen LogP contribution < -0.4 is 10.0 Å². The minimum Gasteiger partial charge on any atom is -0.397 e. The van der Waals surface area contributed by atoms with E-state index in [1.54, 1.807) is 48.5 Å². The van der Waals surface area contributed by atoms with Crippen LogP contribution in [0.5, 0.6) is 0 Å². The number of benzene rings is 2. The average molecular weight is 276 g/mol. The lowest BCUT2D eigenvalue weighted by Crippen LogP contribution is -2.27. The fourth-order valence-electron chi connectivity index (χ4n) is 1.77. The van der Waals surface area contributed by atoms with Gasteiger partial charge in [-0.15, -0.1) is 0 Å². The number of nitrogen functional groups attached to an aromatic ring is 1. The topological polar surface area (TPSA) is 63.4 Å². The predicted molar refractivity (Wildman–Crippen MR) is 77.6 cm³/mol. The van der Waals surface area contributed by atoms with Crippen molar-refractivity contribution in [2.45, 2.75) is 11.8 Å². The van der Waals surface area contributed by atoms with Gasteiger partial charge in [0.25, 0.3) is 10.0 Å². The zero-order chi connectivity index (χ0) is 14.0. The number of nitrogens with two attached hydrogens (primary N) is 1. The zero-order valence-electron chi connectivity index (χ0n) is 10.9. The molecule has 0 amide bonds. The molecule has 5 heteroatoms. The van der Waals surface area contributed by atoms with Crippen molar-refractivity contribution in [3.05, 3.63) is 54.1 Å². The molecule has 2 N–H and O–H groups in total. The summed E-state index contributed by atoms with van der Waals surface area (Å²) >= 11 is 0. The quantitative estimate of drug-likeness (QED) is 0.876. The first-order valence-corrected chi connectivity index (χ1v) is 7.27. The minimum absolute atomic E-state index is 0.254. The Balaban J connectivity index is 2.45. The van der Waals surface area contributed by atoms with E-state index < -0.39 is 10.0 Å². The largest absolute Gasteiger partial charge is 0.397 e. The van der Waals surface area contributed by atoms with E-state index in [0.29, 0.717) is 11.4 Å². The van der Waals surface area contributed by atoms with E-state index in [1.807, 2.05) is 6.92 Å². The first kappa shape index (κ1) is 13.4. The highest BCUT2D eigenvalue weighted by atomic mass is 32.2. The van der Waals surface area contributed by atoms with E-state index >= 15 is 0 Å². The second-order valence-corrected chi connectivity index (χ2v) is 6.31. The smallest absolute Gasteiger partial charge is 0.264 e. The number of hydrogen-bond acceptors (Lipinski definition) is 3. The summed E-state index contributed by atoms with van der Waals surface area (Å²) in [4.78, 5) is 0.254. The Morgan fingerprint density at radius 3 is 2.16 bits per heavy atom. The van der Waals surface area contributed by atoms with Crippen molar-refractivity contribution in [2.24, 2.45) is 0 Å². The van der Waals surface area contributed by atoms with E-state index in [-0.39, 0.29) is 4.90 Å². The second-order valence-electron chi connectivity index (χ2n) is 4.34. The maximum absolute atomic E-state index is 12.5. The lowest BCUT2D eigenvalue weighted by Gasteiger charge is -2.21. The fraction of sp³-hybridized carbons (Fsp3) is 0.143. The Morgan fingerprint density at radius 1 is 1.00 bits per heavy atom. The molecule has 0 heterocycles. The van der Waals surface area contributed by atoms with Gasteiger partial charge in [0, 0.05) is 7.05 Å². The average Bonchev–Trinajstić information content (AvgIpc) is 2.39. The summed E-state index contributed by atoms with van der Waals surface area (Å²) in [7, 11) is -2.08.